The van der Waals surface area contributed by atoms with Gasteiger partial charge >= 0.3 is 0 Å². The lowest BCUT2D eigenvalue weighted by Crippen LogP contribution is -2.60. The monoisotopic (exact) mass is 376 g/mol. The van der Waals surface area contributed by atoms with Crippen molar-refractivity contribution >= 4 is 39.9 Å². The van der Waals surface area contributed by atoms with Crippen LogP contribution in [0.5, 0.6) is 0 Å². The maximum Gasteiger partial charge on any atom is 0.0650 e. The Kier molecular flexibility index (Phi) is 3.49. The third-order valence-electron chi connectivity index (χ3n) is 4.16. The molecule has 1 N–H and O–H groups in total. The maximum absolute atomic E-state index is 6.38. The van der Waals surface area contributed by atoms with E-state index in [1.165, 1.54) is 22.1 Å². The van der Waals surface area contributed by atoms with Gasteiger partial charge in [0.1, 0.15) is 0 Å². The molecule has 1 aromatic rings. The largest absolute Gasteiger partial charge is 0.367 e. The van der Waals surface area contributed by atoms with E-state index in [1.807, 2.05) is 6.07 Å². The number of nitrogens with one attached hydrogen (secondary N) is 1. The van der Waals surface area contributed by atoms with E-state index in [0.717, 1.165) is 30.6 Å². The molecule has 1 saturated carbocycles. The molecule has 1 unspecified atom stereocenters. The van der Waals surface area contributed by atoms with E-state index >= 15 is 0 Å². The highest BCUT2D eigenvalue weighted by molar-refractivity contribution is 14.1. The third-order valence-corrected chi connectivity index (χ3v) is 5.13. The summed E-state index contributed by atoms with van der Waals surface area (Å²) < 4.78 is 1.20. The fourth-order valence-corrected chi connectivity index (χ4v) is 3.92. The van der Waals surface area contributed by atoms with Crippen molar-refractivity contribution in [3.63, 3.8) is 0 Å². The second kappa shape index (κ2) is 4.84. The molecular weight excluding hydrogens is 359 g/mol. The van der Waals surface area contributed by atoms with Crippen LogP contribution < -0.4 is 10.2 Å². The van der Waals surface area contributed by atoms with E-state index in [4.69, 9.17) is 11.6 Å². The van der Waals surface area contributed by atoms with E-state index in [0.29, 0.717) is 0 Å². The van der Waals surface area contributed by atoms with Crippen LogP contribution in [0, 0.1) is 9.49 Å². The van der Waals surface area contributed by atoms with Gasteiger partial charge < -0.3 is 10.2 Å². The van der Waals surface area contributed by atoms with Crippen LogP contribution in [0.3, 0.4) is 0 Å². The molecule has 1 atom stereocenters. The van der Waals surface area contributed by atoms with E-state index in [1.54, 1.807) is 0 Å². The van der Waals surface area contributed by atoms with Gasteiger partial charge in [-0.3, -0.25) is 0 Å². The van der Waals surface area contributed by atoms with Gasteiger partial charge in [-0.1, -0.05) is 11.6 Å². The topological polar surface area (TPSA) is 15.3 Å². The highest BCUT2D eigenvalue weighted by Gasteiger charge is 2.44. The van der Waals surface area contributed by atoms with Gasteiger partial charge in [0.25, 0.3) is 0 Å². The number of nitrogens with zero attached hydrogens (tertiary/aromatic N) is 1. The Morgan fingerprint density at radius 2 is 2.22 bits per heavy atom. The summed E-state index contributed by atoms with van der Waals surface area (Å²) in [5, 5.41) is 4.58. The highest BCUT2D eigenvalue weighted by atomic mass is 127. The van der Waals surface area contributed by atoms with Crippen molar-refractivity contribution in [2.75, 3.05) is 24.5 Å². The lowest BCUT2D eigenvalue weighted by Gasteiger charge is -2.43. The van der Waals surface area contributed by atoms with Crippen LogP contribution in [0.4, 0.5) is 5.69 Å². The Morgan fingerprint density at radius 1 is 1.44 bits per heavy atom. The van der Waals surface area contributed by atoms with Gasteiger partial charge in [-0.2, -0.15) is 0 Å². The molecule has 0 bridgehead atoms. The fraction of sp³-hybridized carbons (Fsp3) is 0.571. The average molecular weight is 377 g/mol. The van der Waals surface area contributed by atoms with Crippen molar-refractivity contribution in [1.29, 1.82) is 0 Å². The van der Waals surface area contributed by atoms with Crippen molar-refractivity contribution in [3.8, 4) is 0 Å². The van der Waals surface area contributed by atoms with Crippen LogP contribution in [0.1, 0.15) is 19.8 Å². The first-order valence-corrected chi connectivity index (χ1v) is 7.99. The molecule has 1 aliphatic heterocycles. The molecule has 1 aromatic carbocycles. The Balaban J connectivity index is 1.83. The first-order chi connectivity index (χ1) is 8.58. The van der Waals surface area contributed by atoms with Crippen LogP contribution in [-0.4, -0.2) is 25.2 Å². The van der Waals surface area contributed by atoms with Crippen molar-refractivity contribution in [2.45, 2.75) is 25.3 Å². The van der Waals surface area contributed by atoms with Gasteiger partial charge in [0.05, 0.1) is 10.7 Å². The van der Waals surface area contributed by atoms with Gasteiger partial charge in [-0.25, -0.2) is 0 Å². The number of rotatable bonds is 2. The maximum atomic E-state index is 6.38. The minimum Gasteiger partial charge on any atom is -0.367 e. The lowest BCUT2D eigenvalue weighted by atomic mass is 9.92. The molecule has 0 amide bonds. The molecule has 4 heteroatoms. The normalized spacial score (nSPS) is 28.5. The Bertz CT molecular complexity index is 461. The first-order valence-electron chi connectivity index (χ1n) is 6.53. The van der Waals surface area contributed by atoms with Crippen LogP contribution in [0.2, 0.25) is 5.02 Å². The number of anilines is 1. The van der Waals surface area contributed by atoms with Gasteiger partial charge in [0.2, 0.25) is 0 Å². The zero-order chi connectivity index (χ0) is 12.8. The first kappa shape index (κ1) is 13.0. The summed E-state index contributed by atoms with van der Waals surface area (Å²) in [5.74, 6) is 0.850. The molecule has 1 aliphatic carbocycles. The molecular formula is C14H18ClIN2. The molecule has 2 fully saturated rings. The molecule has 1 saturated heterocycles. The molecule has 98 valence electrons. The van der Waals surface area contributed by atoms with Crippen molar-refractivity contribution in [1.82, 2.24) is 5.32 Å². The molecule has 18 heavy (non-hydrogen) atoms. The second-order valence-electron chi connectivity index (χ2n) is 5.64. The number of hydrogen-bond acceptors (Lipinski definition) is 2. The summed E-state index contributed by atoms with van der Waals surface area (Å²) >= 11 is 8.69. The molecule has 0 aromatic heterocycles. The predicted molar refractivity (Wildman–Crippen MR) is 85.5 cm³/mol. The Hall–Kier alpha value is -0.000000000000000132. The fourth-order valence-electron chi connectivity index (χ4n) is 2.95. The number of piperazine rings is 1. The smallest absolute Gasteiger partial charge is 0.0650 e. The van der Waals surface area contributed by atoms with Crippen LogP contribution >= 0.6 is 34.2 Å². The highest BCUT2D eigenvalue weighted by Crippen LogP contribution is 2.42. The van der Waals surface area contributed by atoms with E-state index in [9.17, 15) is 0 Å². The Labute approximate surface area is 127 Å². The summed E-state index contributed by atoms with van der Waals surface area (Å²) in [4.78, 5) is 2.44. The SMILES string of the molecule is CC1(C2CC2)CN(c2ccc(I)cc2Cl)CCN1. The zero-order valence-corrected chi connectivity index (χ0v) is 13.5. The zero-order valence-electron chi connectivity index (χ0n) is 10.5. The molecule has 3 rings (SSSR count). The van der Waals surface area contributed by atoms with Crippen molar-refractivity contribution in [2.24, 2.45) is 5.92 Å². The quantitative estimate of drug-likeness (QED) is 0.795. The summed E-state index contributed by atoms with van der Waals surface area (Å²) in [6.07, 6.45) is 2.75. The van der Waals surface area contributed by atoms with E-state index < -0.39 is 0 Å². The lowest BCUT2D eigenvalue weighted by molar-refractivity contribution is 0.285. The minimum absolute atomic E-state index is 0.268. The minimum atomic E-state index is 0.268. The van der Waals surface area contributed by atoms with E-state index in [-0.39, 0.29) is 5.54 Å². The third kappa shape index (κ3) is 2.49. The van der Waals surface area contributed by atoms with Crippen LogP contribution in [0.15, 0.2) is 18.2 Å². The number of benzene rings is 1. The molecule has 0 spiro atoms. The Morgan fingerprint density at radius 3 is 2.89 bits per heavy atom. The molecule has 2 aliphatic rings. The van der Waals surface area contributed by atoms with Gasteiger partial charge in [0, 0.05) is 28.7 Å². The molecule has 2 nitrogen and oxygen atoms in total. The second-order valence-corrected chi connectivity index (χ2v) is 7.29. The van der Waals surface area contributed by atoms with Crippen LogP contribution in [0.25, 0.3) is 0 Å². The van der Waals surface area contributed by atoms with Gasteiger partial charge in [0.15, 0.2) is 0 Å². The van der Waals surface area contributed by atoms with Gasteiger partial charge in [-0.15, -0.1) is 0 Å². The van der Waals surface area contributed by atoms with Gasteiger partial charge in [-0.05, 0) is 66.5 Å². The predicted octanol–water partition coefficient (Wildman–Crippen LogP) is 3.52. The molecule has 1 heterocycles. The van der Waals surface area contributed by atoms with E-state index in [2.05, 4.69) is 51.9 Å². The average Bonchev–Trinajstić information content (AvgIpc) is 3.12. The van der Waals surface area contributed by atoms with Crippen molar-refractivity contribution in [3.05, 3.63) is 26.8 Å². The standard InChI is InChI=1S/C14H18ClIN2/c1-14(10-2-3-10)9-18(7-6-17-14)13-5-4-11(16)8-12(13)15/h4-5,8,10,17H,2-3,6-7,9H2,1H3. The number of hydrogen-bond donors (Lipinski definition) is 1. The summed E-state index contributed by atoms with van der Waals surface area (Å²) in [6.45, 7) is 5.52. The van der Waals surface area contributed by atoms with Crippen LogP contribution in [-0.2, 0) is 0 Å². The summed E-state index contributed by atoms with van der Waals surface area (Å²) in [5.41, 5.74) is 1.45. The molecule has 0 radical (unpaired) electrons. The van der Waals surface area contributed by atoms with Crippen molar-refractivity contribution < 1.29 is 0 Å². The summed E-state index contributed by atoms with van der Waals surface area (Å²) in [6, 6.07) is 6.34. The summed E-state index contributed by atoms with van der Waals surface area (Å²) in [7, 11) is 0. The number of halogens is 2.